The summed E-state index contributed by atoms with van der Waals surface area (Å²) in [4.78, 5) is 30.7. The van der Waals surface area contributed by atoms with Crippen molar-refractivity contribution < 1.29 is 24.2 Å². The van der Waals surface area contributed by atoms with E-state index in [1.165, 1.54) is 5.19 Å². The molecule has 2 heterocycles. The van der Waals surface area contributed by atoms with Gasteiger partial charge >= 0.3 is 0 Å². The van der Waals surface area contributed by atoms with Gasteiger partial charge in [-0.1, -0.05) is 73.7 Å². The molecule has 6 rings (SSSR count). The molecule has 0 aliphatic carbocycles. The van der Waals surface area contributed by atoms with E-state index in [0.717, 1.165) is 34.8 Å². The number of aliphatic hydroxyl groups is 1. The zero-order valence-corrected chi connectivity index (χ0v) is 26.5. The number of para-hydroxylation sites is 2. The lowest BCUT2D eigenvalue weighted by atomic mass is 9.82. The molecule has 4 atom stereocenters. The second-order valence-corrected chi connectivity index (χ2v) is 16.8. The second kappa shape index (κ2) is 11.7. The zero-order valence-electron chi connectivity index (χ0n) is 25.5. The van der Waals surface area contributed by atoms with Gasteiger partial charge in [0.15, 0.2) is 5.60 Å². The van der Waals surface area contributed by atoms with Crippen LogP contribution in [0.3, 0.4) is 0 Å². The largest absolute Gasteiger partial charge is 0.497 e. The fourth-order valence-corrected chi connectivity index (χ4v) is 11.5. The molecule has 4 aromatic rings. The van der Waals surface area contributed by atoms with Crippen LogP contribution in [0, 0.1) is 5.92 Å². The number of carbonyl (C=O) groups is 2. The number of carbonyl (C=O) groups excluding carboxylic acids is 2. The van der Waals surface area contributed by atoms with E-state index in [1.807, 2.05) is 91.0 Å². The molecule has 1 saturated heterocycles. The lowest BCUT2D eigenvalue weighted by Gasteiger charge is -2.37. The van der Waals surface area contributed by atoms with Crippen molar-refractivity contribution >= 4 is 48.3 Å². The number of nitrogens with zero attached hydrogens (tertiary/aromatic N) is 2. The first-order chi connectivity index (χ1) is 21.3. The maximum atomic E-state index is 14.9. The summed E-state index contributed by atoms with van der Waals surface area (Å²) in [6.07, 6.45) is 0.874. The highest BCUT2D eigenvalue weighted by Gasteiger charge is 2.66. The monoisotopic (exact) mass is 606 g/mol. The zero-order chi connectivity index (χ0) is 31.1. The van der Waals surface area contributed by atoms with E-state index in [9.17, 15) is 14.7 Å². The lowest BCUT2D eigenvalue weighted by molar-refractivity contribution is -0.145. The summed E-state index contributed by atoms with van der Waals surface area (Å²) in [5.74, 6) is 0.423. The van der Waals surface area contributed by atoms with Crippen molar-refractivity contribution in [2.45, 2.75) is 43.7 Å². The molecular formula is C36H38N2O5Si. The van der Waals surface area contributed by atoms with E-state index >= 15 is 0 Å². The highest BCUT2D eigenvalue weighted by molar-refractivity contribution is 6.91. The Hall–Kier alpha value is -4.24. The first kappa shape index (κ1) is 29.8. The molecule has 0 bridgehead atoms. The van der Waals surface area contributed by atoms with Gasteiger partial charge in [-0.2, -0.15) is 0 Å². The predicted molar refractivity (Wildman–Crippen MR) is 176 cm³/mol. The van der Waals surface area contributed by atoms with Crippen LogP contribution in [0.15, 0.2) is 103 Å². The molecule has 7 nitrogen and oxygen atoms in total. The smallest absolute Gasteiger partial charge is 0.268 e. The molecule has 1 spiro atoms. The first-order valence-corrected chi connectivity index (χ1v) is 18.1. The summed E-state index contributed by atoms with van der Waals surface area (Å²) in [5.41, 5.74) is 2.32. The van der Waals surface area contributed by atoms with Crippen molar-refractivity contribution in [3.63, 3.8) is 0 Å². The van der Waals surface area contributed by atoms with Crippen LogP contribution in [0.1, 0.15) is 18.9 Å². The maximum absolute atomic E-state index is 14.9. The van der Waals surface area contributed by atoms with E-state index in [-0.39, 0.29) is 30.1 Å². The van der Waals surface area contributed by atoms with Crippen molar-refractivity contribution in [3.8, 4) is 5.75 Å². The number of hydrogen-bond acceptors (Lipinski definition) is 5. The number of anilines is 4. The molecule has 4 aromatic carbocycles. The third kappa shape index (κ3) is 4.65. The number of fused-ring (bicyclic) bond motifs is 2. The van der Waals surface area contributed by atoms with Crippen LogP contribution in [0.25, 0.3) is 0 Å². The van der Waals surface area contributed by atoms with Crippen molar-refractivity contribution in [2.75, 3.05) is 23.5 Å². The Kier molecular flexibility index (Phi) is 7.92. The Morgan fingerprint density at radius 1 is 0.955 bits per heavy atom. The summed E-state index contributed by atoms with van der Waals surface area (Å²) >= 11 is 0. The van der Waals surface area contributed by atoms with Gasteiger partial charge in [-0.25, -0.2) is 0 Å². The molecule has 1 fully saturated rings. The number of hydrogen-bond donors (Lipinski definition) is 1. The average molecular weight is 607 g/mol. The Labute approximate surface area is 259 Å². The lowest BCUT2D eigenvalue weighted by Crippen LogP contribution is -2.51. The normalized spacial score (nSPS) is 22.7. The van der Waals surface area contributed by atoms with Crippen LogP contribution in [0.2, 0.25) is 18.6 Å². The van der Waals surface area contributed by atoms with Crippen LogP contribution in [-0.2, 0) is 19.9 Å². The summed E-state index contributed by atoms with van der Waals surface area (Å²) in [6, 6.07) is 33.0. The highest BCUT2D eigenvalue weighted by atomic mass is 28.3. The Morgan fingerprint density at radius 3 is 2.23 bits per heavy atom. The minimum absolute atomic E-state index is 0.00974. The number of aliphatic hydroxyl groups excluding tert-OH is 1. The van der Waals surface area contributed by atoms with E-state index in [1.54, 1.807) is 16.9 Å². The molecule has 1 N–H and O–H groups in total. The van der Waals surface area contributed by atoms with E-state index in [0.29, 0.717) is 12.1 Å². The second-order valence-electron chi connectivity index (χ2n) is 12.2. The topological polar surface area (TPSA) is 79.3 Å². The van der Waals surface area contributed by atoms with Crippen molar-refractivity contribution in [1.82, 2.24) is 0 Å². The van der Waals surface area contributed by atoms with E-state index in [2.05, 4.69) is 32.2 Å². The maximum Gasteiger partial charge on any atom is 0.268 e. The summed E-state index contributed by atoms with van der Waals surface area (Å²) in [7, 11) is -0.657. The van der Waals surface area contributed by atoms with Gasteiger partial charge in [-0.15, -0.1) is 0 Å². The van der Waals surface area contributed by atoms with E-state index < -0.39 is 13.7 Å². The van der Waals surface area contributed by atoms with Crippen molar-refractivity contribution in [1.29, 1.82) is 0 Å². The quantitative estimate of drug-likeness (QED) is 0.180. The molecule has 226 valence electrons. The number of amides is 2. The number of methoxy groups -OCH3 is 1. The third-order valence-corrected chi connectivity index (χ3v) is 13.9. The SMILES string of the molecule is COc1ccc([Si](C)(C)[C@@H]2[C@@H](CCO)O[C@]3(C(=O)N(c4ccccc4)c4ccc(N(C=O)c5ccccc5)cc43)[C@H]2C)cc1. The van der Waals surface area contributed by atoms with Crippen LogP contribution in [0.5, 0.6) is 5.75 Å². The van der Waals surface area contributed by atoms with Gasteiger partial charge in [-0.3, -0.25) is 19.4 Å². The third-order valence-electron chi connectivity index (χ3n) is 9.57. The molecule has 2 aliphatic heterocycles. The molecular weight excluding hydrogens is 568 g/mol. The van der Waals surface area contributed by atoms with Crippen molar-refractivity contribution in [3.05, 3.63) is 109 Å². The summed E-state index contributed by atoms with van der Waals surface area (Å²) in [5, 5.41) is 11.4. The van der Waals surface area contributed by atoms with Gasteiger partial charge in [-0.05, 0) is 66.6 Å². The van der Waals surface area contributed by atoms with Crippen LogP contribution < -0.4 is 19.7 Å². The highest BCUT2D eigenvalue weighted by Crippen LogP contribution is 2.61. The molecule has 44 heavy (non-hydrogen) atoms. The minimum atomic E-state index is -2.32. The number of rotatable bonds is 9. The van der Waals surface area contributed by atoms with Gasteiger partial charge in [0.25, 0.3) is 5.91 Å². The Bertz CT molecular complexity index is 1650. The van der Waals surface area contributed by atoms with Crippen LogP contribution in [0.4, 0.5) is 22.7 Å². The summed E-state index contributed by atoms with van der Waals surface area (Å²) < 4.78 is 12.5. The fourth-order valence-electron chi connectivity index (χ4n) is 7.47. The molecule has 8 heteroatoms. The van der Waals surface area contributed by atoms with Gasteiger partial charge in [0.2, 0.25) is 6.41 Å². The minimum Gasteiger partial charge on any atom is -0.497 e. The summed E-state index contributed by atoms with van der Waals surface area (Å²) in [6.45, 7) is 6.71. The molecule has 2 amide bonds. The fraction of sp³-hybridized carbons (Fsp3) is 0.278. The number of benzene rings is 4. The predicted octanol–water partition coefficient (Wildman–Crippen LogP) is 6.27. The van der Waals surface area contributed by atoms with E-state index in [4.69, 9.17) is 9.47 Å². The Balaban J connectivity index is 1.53. The molecule has 0 aromatic heterocycles. The van der Waals surface area contributed by atoms with Gasteiger partial charge in [0.05, 0.1) is 27.0 Å². The molecule has 0 saturated carbocycles. The standard InChI is InChI=1S/C36H38N2O5Si/c1-25-34(44(3,4)30-18-16-29(42-2)17-19-30)33(21-22-39)43-36(25)31-23-28(37(24-40)26-11-7-5-8-12-26)15-20-32(31)38(35(36)41)27-13-9-6-10-14-27/h5-20,23-25,33-34,39H,21-22H2,1-4H3/t25-,33+,34-,36+/m0/s1. The van der Waals surface area contributed by atoms with Crippen LogP contribution in [-0.4, -0.2) is 45.3 Å². The van der Waals surface area contributed by atoms with Gasteiger partial charge in [0, 0.05) is 35.2 Å². The van der Waals surface area contributed by atoms with Crippen molar-refractivity contribution in [2.24, 2.45) is 5.92 Å². The number of ether oxygens (including phenoxy) is 2. The average Bonchev–Trinajstić information content (AvgIpc) is 3.48. The molecule has 0 radical (unpaired) electrons. The molecule has 2 aliphatic rings. The Morgan fingerprint density at radius 2 is 1.61 bits per heavy atom. The first-order valence-electron chi connectivity index (χ1n) is 15.0. The van der Waals surface area contributed by atoms with Crippen LogP contribution >= 0.6 is 0 Å². The van der Waals surface area contributed by atoms with Gasteiger partial charge < -0.3 is 14.6 Å². The molecule has 0 unspecified atom stereocenters. The van der Waals surface area contributed by atoms with Gasteiger partial charge in [0.1, 0.15) is 5.75 Å².